The first-order valence-corrected chi connectivity index (χ1v) is 7.20. The molecule has 1 aliphatic carbocycles. The minimum Gasteiger partial charge on any atom is -0.298 e. The summed E-state index contributed by atoms with van der Waals surface area (Å²) in [7, 11) is 0. The van der Waals surface area contributed by atoms with Crippen molar-refractivity contribution in [1.82, 2.24) is 4.90 Å². The number of hydrogen-bond donors (Lipinski definition) is 0. The molecule has 0 amide bonds. The fraction of sp³-hybridized carbons (Fsp3) is 0.933. The zero-order valence-corrected chi connectivity index (χ0v) is 11.3. The van der Waals surface area contributed by atoms with Crippen LogP contribution in [-0.4, -0.2) is 23.5 Å². The van der Waals surface area contributed by atoms with Crippen molar-refractivity contribution in [2.24, 2.45) is 11.8 Å². The van der Waals surface area contributed by atoms with Crippen LogP contribution in [0.15, 0.2) is 0 Å². The second-order valence-electron chi connectivity index (χ2n) is 6.43. The van der Waals surface area contributed by atoms with E-state index in [-0.39, 0.29) is 0 Å². The summed E-state index contributed by atoms with van der Waals surface area (Å²) >= 11 is 0. The summed E-state index contributed by atoms with van der Waals surface area (Å²) in [5.74, 6) is 1.71. The zero-order valence-electron chi connectivity index (χ0n) is 11.3. The summed E-state index contributed by atoms with van der Waals surface area (Å²) in [5.41, 5.74) is 0.492. The molecule has 2 rings (SSSR count). The zero-order chi connectivity index (χ0) is 11.6. The third kappa shape index (κ3) is 2.61. The summed E-state index contributed by atoms with van der Waals surface area (Å²) in [5, 5.41) is 0. The van der Waals surface area contributed by atoms with Gasteiger partial charge in [-0.3, -0.25) is 4.90 Å². The molecular weight excluding hydrogens is 194 g/mol. The van der Waals surface area contributed by atoms with Crippen LogP contribution in [0.3, 0.4) is 0 Å². The van der Waals surface area contributed by atoms with Gasteiger partial charge in [0.05, 0.1) is 0 Å². The smallest absolute Gasteiger partial charge is 0.0184 e. The van der Waals surface area contributed by atoms with Crippen LogP contribution in [0.2, 0.25) is 0 Å². The predicted octanol–water partition coefficient (Wildman–Crippen LogP) is 3.89. The van der Waals surface area contributed by atoms with Gasteiger partial charge in [0.15, 0.2) is 0 Å². The molecule has 1 heterocycles. The molecule has 2 fully saturated rings. The fourth-order valence-corrected chi connectivity index (χ4v) is 3.43. The minimum atomic E-state index is 0.492. The fourth-order valence-electron chi connectivity index (χ4n) is 3.43. The van der Waals surface area contributed by atoms with E-state index < -0.39 is 0 Å². The molecule has 16 heavy (non-hydrogen) atoms. The predicted molar refractivity (Wildman–Crippen MR) is 70.3 cm³/mol. The first kappa shape index (κ1) is 12.4. The molecule has 0 N–H and O–H groups in total. The van der Waals surface area contributed by atoms with Gasteiger partial charge in [-0.1, -0.05) is 20.3 Å². The van der Waals surface area contributed by atoms with Gasteiger partial charge in [0.1, 0.15) is 0 Å². The summed E-state index contributed by atoms with van der Waals surface area (Å²) in [6.45, 7) is 9.91. The maximum Gasteiger partial charge on any atom is 0.0184 e. The SMILES string of the molecule is CC(C)C1[CH]CC(C)(N2CCCCC2)CC1. The molecule has 1 nitrogen and oxygen atoms in total. The lowest BCUT2D eigenvalue weighted by atomic mass is 9.72. The van der Waals surface area contributed by atoms with Crippen molar-refractivity contribution in [2.75, 3.05) is 13.1 Å². The second kappa shape index (κ2) is 5.08. The van der Waals surface area contributed by atoms with E-state index in [1.807, 2.05) is 0 Å². The van der Waals surface area contributed by atoms with Gasteiger partial charge in [0.25, 0.3) is 0 Å². The summed E-state index contributed by atoms with van der Waals surface area (Å²) < 4.78 is 0. The van der Waals surface area contributed by atoms with E-state index in [0.717, 1.165) is 11.8 Å². The summed E-state index contributed by atoms with van der Waals surface area (Å²) in [6.07, 6.45) is 11.0. The standard InChI is InChI=1S/C15H28N/c1-13(2)14-7-9-15(3,10-8-14)16-11-5-4-6-12-16/h7,13-14H,4-6,8-12H2,1-3H3. The van der Waals surface area contributed by atoms with E-state index in [4.69, 9.17) is 0 Å². The van der Waals surface area contributed by atoms with E-state index in [1.165, 1.54) is 51.6 Å². The average molecular weight is 222 g/mol. The Balaban J connectivity index is 1.89. The van der Waals surface area contributed by atoms with E-state index in [1.54, 1.807) is 0 Å². The Morgan fingerprint density at radius 3 is 2.38 bits per heavy atom. The topological polar surface area (TPSA) is 3.24 Å². The molecule has 1 saturated carbocycles. The van der Waals surface area contributed by atoms with Crippen LogP contribution in [0, 0.1) is 18.3 Å². The Hall–Kier alpha value is -0.0400. The number of piperidine rings is 1. The van der Waals surface area contributed by atoms with Crippen molar-refractivity contribution in [3.63, 3.8) is 0 Å². The normalized spacial score (nSPS) is 37.9. The second-order valence-corrected chi connectivity index (χ2v) is 6.43. The van der Waals surface area contributed by atoms with Crippen molar-refractivity contribution in [2.45, 2.75) is 64.8 Å². The molecule has 2 unspecified atom stereocenters. The lowest BCUT2D eigenvalue weighted by molar-refractivity contribution is 0.0479. The molecule has 1 saturated heterocycles. The van der Waals surface area contributed by atoms with E-state index in [2.05, 4.69) is 32.1 Å². The Morgan fingerprint density at radius 1 is 1.19 bits per heavy atom. The third-order valence-electron chi connectivity index (χ3n) is 4.85. The highest BCUT2D eigenvalue weighted by atomic mass is 15.2. The van der Waals surface area contributed by atoms with E-state index >= 15 is 0 Å². The maximum absolute atomic E-state index is 2.77. The Bertz CT molecular complexity index is 207. The van der Waals surface area contributed by atoms with Crippen molar-refractivity contribution < 1.29 is 0 Å². The van der Waals surface area contributed by atoms with Crippen molar-refractivity contribution >= 4 is 0 Å². The highest BCUT2D eigenvalue weighted by molar-refractivity contribution is 4.99. The maximum atomic E-state index is 2.77. The highest BCUT2D eigenvalue weighted by Gasteiger charge is 2.37. The van der Waals surface area contributed by atoms with Gasteiger partial charge in [-0.25, -0.2) is 0 Å². The molecule has 2 atom stereocenters. The van der Waals surface area contributed by atoms with Crippen LogP contribution in [0.4, 0.5) is 0 Å². The first-order chi connectivity index (χ1) is 7.62. The molecule has 1 radical (unpaired) electrons. The van der Waals surface area contributed by atoms with Crippen LogP contribution in [0.25, 0.3) is 0 Å². The lowest BCUT2D eigenvalue weighted by Crippen LogP contribution is -2.51. The summed E-state index contributed by atoms with van der Waals surface area (Å²) in [6, 6.07) is 0. The third-order valence-corrected chi connectivity index (χ3v) is 4.85. The number of nitrogens with zero attached hydrogens (tertiary/aromatic N) is 1. The molecule has 0 aromatic rings. The van der Waals surface area contributed by atoms with Gasteiger partial charge < -0.3 is 0 Å². The number of likely N-dealkylation sites (tertiary alicyclic amines) is 1. The van der Waals surface area contributed by atoms with Crippen LogP contribution >= 0.6 is 0 Å². The molecule has 1 heteroatoms. The Kier molecular flexibility index (Phi) is 3.94. The monoisotopic (exact) mass is 222 g/mol. The van der Waals surface area contributed by atoms with Crippen LogP contribution in [0.1, 0.15) is 59.3 Å². The van der Waals surface area contributed by atoms with Crippen LogP contribution in [0.5, 0.6) is 0 Å². The van der Waals surface area contributed by atoms with Crippen molar-refractivity contribution in [3.8, 4) is 0 Å². The highest BCUT2D eigenvalue weighted by Crippen LogP contribution is 2.39. The average Bonchev–Trinajstić information content (AvgIpc) is 2.31. The molecule has 93 valence electrons. The molecule has 1 aliphatic heterocycles. The van der Waals surface area contributed by atoms with E-state index in [0.29, 0.717) is 5.54 Å². The van der Waals surface area contributed by atoms with Crippen molar-refractivity contribution in [3.05, 3.63) is 6.42 Å². The van der Waals surface area contributed by atoms with Crippen LogP contribution in [-0.2, 0) is 0 Å². The van der Waals surface area contributed by atoms with Gasteiger partial charge in [-0.2, -0.15) is 0 Å². The lowest BCUT2D eigenvalue weighted by Gasteiger charge is -2.48. The van der Waals surface area contributed by atoms with Crippen LogP contribution < -0.4 is 0 Å². The molecule has 0 bridgehead atoms. The molecule has 0 aromatic heterocycles. The Labute approximate surface area is 102 Å². The van der Waals surface area contributed by atoms with Gasteiger partial charge in [0, 0.05) is 5.54 Å². The number of rotatable bonds is 2. The Morgan fingerprint density at radius 2 is 1.88 bits per heavy atom. The minimum absolute atomic E-state index is 0.492. The van der Waals surface area contributed by atoms with Crippen molar-refractivity contribution in [1.29, 1.82) is 0 Å². The number of hydrogen-bond acceptors (Lipinski definition) is 1. The quantitative estimate of drug-likeness (QED) is 0.685. The largest absolute Gasteiger partial charge is 0.298 e. The molecule has 0 spiro atoms. The van der Waals surface area contributed by atoms with E-state index in [9.17, 15) is 0 Å². The van der Waals surface area contributed by atoms with Gasteiger partial charge >= 0.3 is 0 Å². The van der Waals surface area contributed by atoms with Gasteiger partial charge in [-0.15, -0.1) is 0 Å². The van der Waals surface area contributed by atoms with Gasteiger partial charge in [-0.05, 0) is 70.4 Å². The summed E-state index contributed by atoms with van der Waals surface area (Å²) in [4.78, 5) is 2.77. The molecule has 0 aromatic carbocycles. The first-order valence-electron chi connectivity index (χ1n) is 7.20. The molecular formula is C15H28N. The molecule has 2 aliphatic rings. The van der Waals surface area contributed by atoms with Gasteiger partial charge in [0.2, 0.25) is 0 Å².